The Bertz CT molecular complexity index is 1340. The number of aromatic nitrogens is 6. The van der Waals surface area contributed by atoms with E-state index >= 15 is 0 Å². The molecule has 1 N–H and O–H groups in total. The van der Waals surface area contributed by atoms with Crippen LogP contribution in [0.2, 0.25) is 0 Å². The van der Waals surface area contributed by atoms with Gasteiger partial charge in [-0.2, -0.15) is 19.7 Å². The minimum absolute atomic E-state index is 0.178. The molecular weight excluding hydrogens is 476 g/mol. The molecule has 2 aliphatic heterocycles. The molecule has 0 atom stereocenters. The van der Waals surface area contributed by atoms with E-state index in [0.717, 1.165) is 23.5 Å². The first-order chi connectivity index (χ1) is 18.5. The van der Waals surface area contributed by atoms with Crippen molar-refractivity contribution in [3.8, 4) is 17.0 Å². The predicted molar refractivity (Wildman–Crippen MR) is 149 cm³/mol. The smallest absolute Gasteiger partial charge is 0.253 e. The molecule has 0 aliphatic carbocycles. The second kappa shape index (κ2) is 11.9. The number of rotatable bonds is 4. The van der Waals surface area contributed by atoms with Gasteiger partial charge in [0.15, 0.2) is 5.75 Å². The number of aryl methyl sites for hydroxylation is 3. The van der Waals surface area contributed by atoms with Gasteiger partial charge in [-0.3, -0.25) is 4.90 Å². The SMILES string of the molecule is Cc1nc2nc(C)c(O)c(C)n2n1.c1cc(N2CCCC2)ccc1-c1ccc(CN2CCCCCC2)nn1. The molecule has 0 saturated carbocycles. The lowest BCUT2D eigenvalue weighted by atomic mass is 10.1. The van der Waals surface area contributed by atoms with E-state index in [1.807, 2.05) is 0 Å². The van der Waals surface area contributed by atoms with Crippen LogP contribution < -0.4 is 4.90 Å². The highest BCUT2D eigenvalue weighted by molar-refractivity contribution is 5.63. The molecule has 1 aromatic carbocycles. The van der Waals surface area contributed by atoms with Crippen LogP contribution in [0.15, 0.2) is 36.4 Å². The van der Waals surface area contributed by atoms with Gasteiger partial charge >= 0.3 is 0 Å². The molecule has 0 amide bonds. The maximum atomic E-state index is 9.56. The molecule has 2 fully saturated rings. The molecule has 0 radical (unpaired) electrons. The Labute approximate surface area is 224 Å². The summed E-state index contributed by atoms with van der Waals surface area (Å²) in [6.45, 7) is 11.0. The van der Waals surface area contributed by atoms with Crippen molar-refractivity contribution in [2.24, 2.45) is 0 Å². The van der Waals surface area contributed by atoms with Crippen LogP contribution in [0.4, 0.5) is 5.69 Å². The van der Waals surface area contributed by atoms with Gasteiger partial charge in [0.25, 0.3) is 5.78 Å². The normalized spacial score (nSPS) is 16.3. The highest BCUT2D eigenvalue weighted by Gasteiger charge is 2.14. The van der Waals surface area contributed by atoms with Gasteiger partial charge in [0.05, 0.1) is 22.8 Å². The van der Waals surface area contributed by atoms with Crippen molar-refractivity contribution in [2.75, 3.05) is 31.1 Å². The van der Waals surface area contributed by atoms with Crippen molar-refractivity contribution in [1.29, 1.82) is 0 Å². The molecule has 200 valence electrons. The van der Waals surface area contributed by atoms with E-state index in [2.05, 4.69) is 71.5 Å². The molecule has 0 spiro atoms. The fourth-order valence-electron chi connectivity index (χ4n) is 5.21. The zero-order valence-electron chi connectivity index (χ0n) is 22.8. The standard InChI is InChI=1S/C21H28N4.C8H10N4O/c1-2-4-14-24(13-3-1)17-19-9-12-21(23-22-19)18-7-10-20(11-8-18)25-15-5-6-16-25;1-4-7(13)5(2)12-8(9-4)10-6(3)11-12/h7-12H,1-6,13-17H2;13H,1-3H3. The highest BCUT2D eigenvalue weighted by atomic mass is 16.3. The minimum Gasteiger partial charge on any atom is -0.504 e. The predicted octanol–water partition coefficient (Wildman–Crippen LogP) is 4.87. The Morgan fingerprint density at radius 1 is 0.763 bits per heavy atom. The molecular formula is C29H38N8O. The third kappa shape index (κ3) is 6.10. The minimum atomic E-state index is 0.178. The summed E-state index contributed by atoms with van der Waals surface area (Å²) in [5.41, 5.74) is 5.77. The summed E-state index contributed by atoms with van der Waals surface area (Å²) in [5, 5.41) is 22.6. The van der Waals surface area contributed by atoms with Crippen LogP contribution in [0.3, 0.4) is 0 Å². The number of likely N-dealkylation sites (tertiary alicyclic amines) is 1. The van der Waals surface area contributed by atoms with E-state index in [9.17, 15) is 5.11 Å². The molecule has 9 nitrogen and oxygen atoms in total. The lowest BCUT2D eigenvalue weighted by molar-refractivity contribution is 0.273. The Hall–Kier alpha value is -3.59. The molecule has 3 aromatic heterocycles. The molecule has 4 aromatic rings. The van der Waals surface area contributed by atoms with E-state index in [0.29, 0.717) is 23.0 Å². The summed E-state index contributed by atoms with van der Waals surface area (Å²) >= 11 is 0. The second-order valence-corrected chi connectivity index (χ2v) is 10.3. The van der Waals surface area contributed by atoms with Crippen LogP contribution in [0.5, 0.6) is 5.75 Å². The summed E-state index contributed by atoms with van der Waals surface area (Å²) in [4.78, 5) is 13.2. The first-order valence-electron chi connectivity index (χ1n) is 13.8. The van der Waals surface area contributed by atoms with Gasteiger partial charge in [-0.25, -0.2) is 4.98 Å². The van der Waals surface area contributed by atoms with Crippen LogP contribution in [0.1, 0.15) is 61.4 Å². The Morgan fingerprint density at radius 3 is 2.11 bits per heavy atom. The molecule has 38 heavy (non-hydrogen) atoms. The van der Waals surface area contributed by atoms with Crippen molar-refractivity contribution >= 4 is 11.5 Å². The fourth-order valence-corrected chi connectivity index (χ4v) is 5.21. The Balaban J connectivity index is 0.000000190. The Morgan fingerprint density at radius 2 is 1.45 bits per heavy atom. The number of hydrogen-bond donors (Lipinski definition) is 1. The van der Waals surface area contributed by atoms with Crippen LogP contribution in [-0.2, 0) is 6.54 Å². The van der Waals surface area contributed by atoms with Gasteiger partial charge in [-0.1, -0.05) is 25.0 Å². The quantitative estimate of drug-likeness (QED) is 0.412. The third-order valence-corrected chi connectivity index (χ3v) is 7.41. The van der Waals surface area contributed by atoms with E-state index in [1.165, 1.54) is 74.9 Å². The summed E-state index contributed by atoms with van der Waals surface area (Å²) in [6.07, 6.45) is 7.99. The van der Waals surface area contributed by atoms with Gasteiger partial charge in [0.2, 0.25) is 0 Å². The third-order valence-electron chi connectivity index (χ3n) is 7.41. The highest BCUT2D eigenvalue weighted by Crippen LogP contribution is 2.24. The molecule has 5 heterocycles. The summed E-state index contributed by atoms with van der Waals surface area (Å²) in [7, 11) is 0. The number of nitrogens with zero attached hydrogens (tertiary/aromatic N) is 8. The van der Waals surface area contributed by atoms with Gasteiger partial charge in [-0.15, -0.1) is 5.10 Å². The molecule has 9 heteroatoms. The average Bonchev–Trinajstić information content (AvgIpc) is 3.53. The largest absolute Gasteiger partial charge is 0.504 e. The zero-order valence-corrected chi connectivity index (χ0v) is 22.8. The van der Waals surface area contributed by atoms with Crippen molar-refractivity contribution in [1.82, 2.24) is 34.7 Å². The molecule has 2 saturated heterocycles. The van der Waals surface area contributed by atoms with E-state index in [1.54, 1.807) is 20.8 Å². The summed E-state index contributed by atoms with van der Waals surface area (Å²) in [5.74, 6) is 1.36. The monoisotopic (exact) mass is 514 g/mol. The van der Waals surface area contributed by atoms with Crippen molar-refractivity contribution < 1.29 is 5.11 Å². The van der Waals surface area contributed by atoms with Crippen molar-refractivity contribution in [3.05, 3.63) is 59.3 Å². The number of fused-ring (bicyclic) bond motifs is 1. The molecule has 6 rings (SSSR count). The van der Waals surface area contributed by atoms with Gasteiger partial charge in [0.1, 0.15) is 5.82 Å². The lowest BCUT2D eigenvalue weighted by Gasteiger charge is -2.19. The van der Waals surface area contributed by atoms with Crippen LogP contribution in [-0.4, -0.2) is 66.0 Å². The number of anilines is 1. The topological polar surface area (TPSA) is 95.6 Å². The van der Waals surface area contributed by atoms with E-state index < -0.39 is 0 Å². The average molecular weight is 515 g/mol. The van der Waals surface area contributed by atoms with Crippen LogP contribution >= 0.6 is 0 Å². The first-order valence-corrected chi connectivity index (χ1v) is 13.8. The van der Waals surface area contributed by atoms with Crippen LogP contribution in [0.25, 0.3) is 17.0 Å². The van der Waals surface area contributed by atoms with Gasteiger partial charge in [0, 0.05) is 30.9 Å². The van der Waals surface area contributed by atoms with Crippen LogP contribution in [0, 0.1) is 20.8 Å². The number of aromatic hydroxyl groups is 1. The number of hydrogen-bond acceptors (Lipinski definition) is 8. The van der Waals surface area contributed by atoms with E-state index in [-0.39, 0.29) is 5.75 Å². The second-order valence-electron chi connectivity index (χ2n) is 10.3. The maximum Gasteiger partial charge on any atom is 0.253 e. The van der Waals surface area contributed by atoms with Crippen molar-refractivity contribution in [2.45, 2.75) is 65.8 Å². The summed E-state index contributed by atoms with van der Waals surface area (Å²) in [6, 6.07) is 13.0. The maximum absolute atomic E-state index is 9.56. The molecule has 0 unspecified atom stereocenters. The van der Waals surface area contributed by atoms with Gasteiger partial charge in [-0.05, 0) is 83.8 Å². The molecule has 2 aliphatic rings. The Kier molecular flexibility index (Phi) is 8.12. The summed E-state index contributed by atoms with van der Waals surface area (Å²) < 4.78 is 1.54. The zero-order chi connectivity index (χ0) is 26.5. The van der Waals surface area contributed by atoms with Gasteiger partial charge < -0.3 is 10.0 Å². The first kappa shape index (κ1) is 26.0. The number of benzene rings is 1. The molecule has 0 bridgehead atoms. The van der Waals surface area contributed by atoms with Crippen molar-refractivity contribution in [3.63, 3.8) is 0 Å². The lowest BCUT2D eigenvalue weighted by Crippen LogP contribution is -2.24. The fraction of sp³-hybridized carbons (Fsp3) is 0.483. The van der Waals surface area contributed by atoms with E-state index in [4.69, 9.17) is 0 Å².